The number of alkyl halides is 2. The summed E-state index contributed by atoms with van der Waals surface area (Å²) in [5.74, 6) is -1.28. The van der Waals surface area contributed by atoms with Crippen LogP contribution in [0.15, 0.2) is 30.3 Å². The van der Waals surface area contributed by atoms with Gasteiger partial charge in [0.15, 0.2) is 11.5 Å². The first-order chi connectivity index (χ1) is 12.7. The van der Waals surface area contributed by atoms with Crippen molar-refractivity contribution in [1.29, 1.82) is 0 Å². The summed E-state index contributed by atoms with van der Waals surface area (Å²) in [7, 11) is 1.20. The number of carbonyl (C=O) groups excluding carboxylic acids is 1. The van der Waals surface area contributed by atoms with Gasteiger partial charge in [-0.25, -0.2) is 4.79 Å². The molecule has 2 aromatic rings. The van der Waals surface area contributed by atoms with Crippen LogP contribution in [-0.2, 0) is 11.3 Å². The van der Waals surface area contributed by atoms with Gasteiger partial charge in [-0.05, 0) is 37.1 Å². The van der Waals surface area contributed by atoms with Crippen molar-refractivity contribution in [2.75, 3.05) is 7.11 Å². The maximum Gasteiger partial charge on any atom is 0.387 e. The van der Waals surface area contributed by atoms with Crippen LogP contribution in [-0.4, -0.2) is 24.6 Å². The van der Waals surface area contributed by atoms with Crippen molar-refractivity contribution in [3.05, 3.63) is 62.7 Å². The summed E-state index contributed by atoms with van der Waals surface area (Å²) in [6.45, 7) is -0.0165. The van der Waals surface area contributed by atoms with E-state index in [0.29, 0.717) is 5.56 Å². The molecule has 0 aliphatic carbocycles. The van der Waals surface area contributed by atoms with Gasteiger partial charge in [0, 0.05) is 0 Å². The standard InChI is InChI=1S/C18H17F2NO6/c1-10-5-4-6-13(11(10)2)17(22)26-9-12-7-15(25-3)16(27-18(19)20)8-14(12)21(23)24/h4-8,18H,9H2,1-3H3. The number of rotatable bonds is 7. The molecule has 27 heavy (non-hydrogen) atoms. The summed E-state index contributed by atoms with van der Waals surface area (Å²) in [6.07, 6.45) is 0. The molecule has 0 radical (unpaired) electrons. The Morgan fingerprint density at radius 2 is 1.93 bits per heavy atom. The minimum atomic E-state index is -3.17. The molecule has 0 bridgehead atoms. The zero-order valence-corrected chi connectivity index (χ0v) is 14.8. The van der Waals surface area contributed by atoms with Gasteiger partial charge in [-0.3, -0.25) is 10.1 Å². The van der Waals surface area contributed by atoms with E-state index in [1.165, 1.54) is 7.11 Å². The zero-order chi connectivity index (χ0) is 20.1. The van der Waals surface area contributed by atoms with Crippen molar-refractivity contribution in [1.82, 2.24) is 0 Å². The third kappa shape index (κ3) is 4.69. The molecule has 2 rings (SSSR count). The van der Waals surface area contributed by atoms with Crippen molar-refractivity contribution >= 4 is 11.7 Å². The number of aryl methyl sites for hydroxylation is 1. The average Bonchev–Trinajstić information content (AvgIpc) is 2.61. The van der Waals surface area contributed by atoms with E-state index in [-0.39, 0.29) is 11.3 Å². The van der Waals surface area contributed by atoms with E-state index in [0.717, 1.165) is 23.3 Å². The second kappa shape index (κ2) is 8.43. The molecule has 0 saturated heterocycles. The quantitative estimate of drug-likeness (QED) is 0.406. The zero-order valence-electron chi connectivity index (χ0n) is 14.8. The summed E-state index contributed by atoms with van der Waals surface area (Å²) in [5, 5.41) is 11.3. The lowest BCUT2D eigenvalue weighted by atomic mass is 10.0. The highest BCUT2D eigenvalue weighted by Gasteiger charge is 2.23. The van der Waals surface area contributed by atoms with E-state index >= 15 is 0 Å². The number of benzene rings is 2. The number of ether oxygens (including phenoxy) is 3. The number of halogens is 2. The van der Waals surface area contributed by atoms with Gasteiger partial charge in [0.1, 0.15) is 6.61 Å². The molecule has 0 heterocycles. The van der Waals surface area contributed by atoms with Crippen molar-refractivity contribution < 1.29 is 32.7 Å². The summed E-state index contributed by atoms with van der Waals surface area (Å²) in [6, 6.07) is 7.06. The highest BCUT2D eigenvalue weighted by Crippen LogP contribution is 2.36. The highest BCUT2D eigenvalue weighted by atomic mass is 19.3. The number of carbonyl (C=O) groups is 1. The van der Waals surface area contributed by atoms with E-state index in [1.54, 1.807) is 19.1 Å². The van der Waals surface area contributed by atoms with E-state index < -0.39 is 35.5 Å². The number of esters is 1. The van der Waals surface area contributed by atoms with Crippen LogP contribution < -0.4 is 9.47 Å². The lowest BCUT2D eigenvalue weighted by Gasteiger charge is -2.13. The number of nitro groups is 1. The molecule has 0 amide bonds. The van der Waals surface area contributed by atoms with Gasteiger partial charge in [-0.1, -0.05) is 12.1 Å². The molecule has 9 heteroatoms. The molecule has 144 valence electrons. The Morgan fingerprint density at radius 3 is 2.52 bits per heavy atom. The van der Waals surface area contributed by atoms with Crippen molar-refractivity contribution in [3.63, 3.8) is 0 Å². The molecule has 2 aromatic carbocycles. The van der Waals surface area contributed by atoms with Gasteiger partial charge in [-0.15, -0.1) is 0 Å². The SMILES string of the molecule is COc1cc(COC(=O)c2cccc(C)c2C)c([N+](=O)[O-])cc1OC(F)F. The third-order valence-electron chi connectivity index (χ3n) is 3.96. The maximum atomic E-state index is 12.5. The van der Waals surface area contributed by atoms with E-state index in [2.05, 4.69) is 4.74 Å². The molecule has 0 aromatic heterocycles. The Kier molecular flexibility index (Phi) is 6.27. The van der Waals surface area contributed by atoms with E-state index in [4.69, 9.17) is 9.47 Å². The first kappa shape index (κ1) is 20.1. The molecular formula is C18H17F2NO6. The molecule has 7 nitrogen and oxygen atoms in total. The molecule has 0 atom stereocenters. The van der Waals surface area contributed by atoms with Crippen LogP contribution in [0.3, 0.4) is 0 Å². The van der Waals surface area contributed by atoms with Gasteiger partial charge in [-0.2, -0.15) is 8.78 Å². The summed E-state index contributed by atoms with van der Waals surface area (Å²) in [5.41, 5.74) is 1.42. The van der Waals surface area contributed by atoms with Gasteiger partial charge in [0.2, 0.25) is 0 Å². The fraction of sp³-hybridized carbons (Fsp3) is 0.278. The third-order valence-corrected chi connectivity index (χ3v) is 3.96. The Hall–Kier alpha value is -3.23. The molecule has 0 unspecified atom stereocenters. The Morgan fingerprint density at radius 1 is 1.22 bits per heavy atom. The first-order valence-electron chi connectivity index (χ1n) is 7.78. The second-order valence-corrected chi connectivity index (χ2v) is 5.59. The smallest absolute Gasteiger partial charge is 0.387 e. The largest absolute Gasteiger partial charge is 0.493 e. The van der Waals surface area contributed by atoms with Crippen LogP contribution in [0.1, 0.15) is 27.0 Å². The molecule has 0 spiro atoms. The van der Waals surface area contributed by atoms with Crippen molar-refractivity contribution in [2.45, 2.75) is 27.1 Å². The van der Waals surface area contributed by atoms with Gasteiger partial charge < -0.3 is 14.2 Å². The molecule has 0 saturated carbocycles. The molecular weight excluding hydrogens is 364 g/mol. The number of nitrogens with zero attached hydrogens (tertiary/aromatic N) is 1. The molecule has 0 aliphatic rings. The van der Waals surface area contributed by atoms with Gasteiger partial charge >= 0.3 is 12.6 Å². The fourth-order valence-electron chi connectivity index (χ4n) is 2.42. The fourth-order valence-corrected chi connectivity index (χ4v) is 2.42. The van der Waals surface area contributed by atoms with Crippen molar-refractivity contribution in [2.24, 2.45) is 0 Å². The van der Waals surface area contributed by atoms with Crippen LogP contribution in [0.4, 0.5) is 14.5 Å². The van der Waals surface area contributed by atoms with Crippen LogP contribution >= 0.6 is 0 Å². The summed E-state index contributed by atoms with van der Waals surface area (Å²) >= 11 is 0. The topological polar surface area (TPSA) is 87.9 Å². The Labute approximate surface area is 153 Å². The number of hydrogen-bond donors (Lipinski definition) is 0. The van der Waals surface area contributed by atoms with Crippen LogP contribution in [0.25, 0.3) is 0 Å². The minimum absolute atomic E-state index is 0.0166. The van der Waals surface area contributed by atoms with Crippen LogP contribution in [0.2, 0.25) is 0 Å². The average molecular weight is 381 g/mol. The monoisotopic (exact) mass is 381 g/mol. The first-order valence-corrected chi connectivity index (χ1v) is 7.78. The second-order valence-electron chi connectivity index (χ2n) is 5.59. The van der Waals surface area contributed by atoms with Crippen molar-refractivity contribution in [3.8, 4) is 11.5 Å². The summed E-state index contributed by atoms with van der Waals surface area (Å²) < 4.78 is 39.3. The van der Waals surface area contributed by atoms with Gasteiger partial charge in [0.25, 0.3) is 5.69 Å². The highest BCUT2D eigenvalue weighted by molar-refractivity contribution is 5.91. The molecule has 0 aliphatic heterocycles. The minimum Gasteiger partial charge on any atom is -0.493 e. The molecule has 0 N–H and O–H groups in total. The number of methoxy groups -OCH3 is 1. The lowest BCUT2D eigenvalue weighted by Crippen LogP contribution is -2.10. The number of hydrogen-bond acceptors (Lipinski definition) is 6. The lowest BCUT2D eigenvalue weighted by molar-refractivity contribution is -0.386. The van der Waals surface area contributed by atoms with E-state index in [1.807, 2.05) is 13.0 Å². The number of nitro benzene ring substituents is 1. The normalized spacial score (nSPS) is 10.6. The van der Waals surface area contributed by atoms with E-state index in [9.17, 15) is 23.7 Å². The van der Waals surface area contributed by atoms with Gasteiger partial charge in [0.05, 0.1) is 29.2 Å². The van der Waals surface area contributed by atoms with Crippen LogP contribution in [0.5, 0.6) is 11.5 Å². The Balaban J connectivity index is 2.30. The predicted octanol–water partition coefficient (Wildman–Crippen LogP) is 4.18. The summed E-state index contributed by atoms with van der Waals surface area (Å²) in [4.78, 5) is 22.8. The molecule has 0 fully saturated rings. The predicted molar refractivity (Wildman–Crippen MR) is 91.3 cm³/mol. The Bertz CT molecular complexity index is 869. The maximum absolute atomic E-state index is 12.5. The van der Waals surface area contributed by atoms with Crippen LogP contribution in [0, 0.1) is 24.0 Å².